The Morgan fingerprint density at radius 3 is 2.61 bits per heavy atom. The molecule has 1 fully saturated rings. The van der Waals surface area contributed by atoms with Crippen molar-refractivity contribution in [2.45, 2.75) is 38.9 Å². The molecular formula is C23H26O5. The number of fused-ring (bicyclic) bond motifs is 1. The van der Waals surface area contributed by atoms with Gasteiger partial charge in [-0.2, -0.15) is 0 Å². The van der Waals surface area contributed by atoms with Gasteiger partial charge in [0.2, 0.25) is 5.79 Å². The SMILES string of the molecule is CC(C)COc1ccc(C2(OCC3CC3)CC(=O)c3c(O)cccc3O2)cc1. The Morgan fingerprint density at radius 1 is 1.18 bits per heavy atom. The molecule has 2 aliphatic rings. The first-order valence-electron chi connectivity index (χ1n) is 9.88. The fourth-order valence-electron chi connectivity index (χ4n) is 3.33. The van der Waals surface area contributed by atoms with Crippen molar-refractivity contribution >= 4 is 5.78 Å². The predicted molar refractivity (Wildman–Crippen MR) is 105 cm³/mol. The molecule has 5 nitrogen and oxygen atoms in total. The number of aromatic hydroxyl groups is 1. The molecule has 4 rings (SSSR count). The third kappa shape index (κ3) is 3.85. The van der Waals surface area contributed by atoms with E-state index < -0.39 is 5.79 Å². The molecule has 1 unspecified atom stereocenters. The lowest BCUT2D eigenvalue weighted by molar-refractivity contribution is -0.195. The molecule has 5 heteroatoms. The number of benzene rings is 2. The van der Waals surface area contributed by atoms with Crippen molar-refractivity contribution in [3.05, 3.63) is 53.6 Å². The average molecular weight is 382 g/mol. The largest absolute Gasteiger partial charge is 0.507 e. The molecule has 0 saturated heterocycles. The maximum atomic E-state index is 12.9. The van der Waals surface area contributed by atoms with Gasteiger partial charge in [0, 0.05) is 5.56 Å². The van der Waals surface area contributed by atoms with Gasteiger partial charge in [0.25, 0.3) is 0 Å². The van der Waals surface area contributed by atoms with Gasteiger partial charge >= 0.3 is 0 Å². The van der Waals surface area contributed by atoms with E-state index >= 15 is 0 Å². The van der Waals surface area contributed by atoms with E-state index in [4.69, 9.17) is 14.2 Å². The van der Waals surface area contributed by atoms with Crippen LogP contribution in [-0.2, 0) is 10.5 Å². The van der Waals surface area contributed by atoms with Crippen molar-refractivity contribution in [1.29, 1.82) is 0 Å². The number of phenols is 1. The second-order valence-electron chi connectivity index (χ2n) is 8.09. The molecule has 148 valence electrons. The maximum Gasteiger partial charge on any atom is 0.244 e. The van der Waals surface area contributed by atoms with Crippen LogP contribution >= 0.6 is 0 Å². The van der Waals surface area contributed by atoms with E-state index in [1.54, 1.807) is 12.1 Å². The van der Waals surface area contributed by atoms with Crippen LogP contribution in [0.25, 0.3) is 0 Å². The molecule has 0 bridgehead atoms. The summed E-state index contributed by atoms with van der Waals surface area (Å²) in [5.41, 5.74) is 0.998. The fraction of sp³-hybridized carbons (Fsp3) is 0.435. The number of carbonyl (C=O) groups is 1. The van der Waals surface area contributed by atoms with E-state index in [1.807, 2.05) is 24.3 Å². The molecule has 1 aliphatic carbocycles. The second kappa shape index (κ2) is 7.47. The first-order valence-corrected chi connectivity index (χ1v) is 9.88. The number of Topliss-reactive ketones (excluding diaryl/α,β-unsaturated/α-hetero) is 1. The van der Waals surface area contributed by atoms with Crippen molar-refractivity contribution < 1.29 is 24.1 Å². The van der Waals surface area contributed by atoms with Crippen LogP contribution in [0.5, 0.6) is 17.2 Å². The third-order valence-corrected chi connectivity index (χ3v) is 5.08. The Kier molecular flexibility index (Phi) is 5.02. The highest BCUT2D eigenvalue weighted by Crippen LogP contribution is 2.44. The van der Waals surface area contributed by atoms with Crippen molar-refractivity contribution in [1.82, 2.24) is 0 Å². The Balaban J connectivity index is 1.64. The van der Waals surface area contributed by atoms with Crippen LogP contribution in [0, 0.1) is 11.8 Å². The van der Waals surface area contributed by atoms with Crippen molar-refractivity contribution in [3.8, 4) is 17.2 Å². The Labute approximate surface area is 165 Å². The summed E-state index contributed by atoms with van der Waals surface area (Å²) in [6, 6.07) is 12.4. The Bertz CT molecular complexity index is 854. The first-order chi connectivity index (χ1) is 13.5. The lowest BCUT2D eigenvalue weighted by Crippen LogP contribution is -2.42. The lowest BCUT2D eigenvalue weighted by atomic mass is 9.92. The quantitative estimate of drug-likeness (QED) is 0.754. The molecule has 1 heterocycles. The number of hydrogen-bond donors (Lipinski definition) is 1. The smallest absolute Gasteiger partial charge is 0.244 e. The monoisotopic (exact) mass is 382 g/mol. The summed E-state index contributed by atoms with van der Waals surface area (Å²) in [4.78, 5) is 12.9. The van der Waals surface area contributed by atoms with E-state index in [-0.39, 0.29) is 23.5 Å². The van der Waals surface area contributed by atoms with Crippen LogP contribution in [-0.4, -0.2) is 24.1 Å². The van der Waals surface area contributed by atoms with Crippen LogP contribution in [0.2, 0.25) is 0 Å². The van der Waals surface area contributed by atoms with Crippen LogP contribution in [0.1, 0.15) is 49.0 Å². The highest BCUT2D eigenvalue weighted by atomic mass is 16.7. The number of carbonyl (C=O) groups excluding carboxylic acids is 1. The molecule has 2 aromatic rings. The van der Waals surface area contributed by atoms with E-state index in [0.29, 0.717) is 30.8 Å². The molecule has 28 heavy (non-hydrogen) atoms. The summed E-state index contributed by atoms with van der Waals surface area (Å²) in [6.45, 7) is 5.39. The minimum absolute atomic E-state index is 0.0243. The summed E-state index contributed by atoms with van der Waals surface area (Å²) >= 11 is 0. The van der Waals surface area contributed by atoms with Gasteiger partial charge in [-0.05, 0) is 61.1 Å². The minimum atomic E-state index is -1.18. The van der Waals surface area contributed by atoms with Crippen molar-refractivity contribution in [3.63, 3.8) is 0 Å². The van der Waals surface area contributed by atoms with Gasteiger partial charge in [0.15, 0.2) is 5.78 Å². The van der Waals surface area contributed by atoms with Crippen LogP contribution < -0.4 is 9.47 Å². The number of hydrogen-bond acceptors (Lipinski definition) is 5. The maximum absolute atomic E-state index is 12.9. The lowest BCUT2D eigenvalue weighted by Gasteiger charge is -2.38. The molecule has 0 spiro atoms. The topological polar surface area (TPSA) is 65.0 Å². The zero-order valence-corrected chi connectivity index (χ0v) is 16.3. The molecule has 1 saturated carbocycles. The van der Waals surface area contributed by atoms with Gasteiger partial charge in [0.1, 0.15) is 22.8 Å². The molecule has 1 N–H and O–H groups in total. The van der Waals surface area contributed by atoms with Gasteiger partial charge in [-0.1, -0.05) is 19.9 Å². The molecule has 0 radical (unpaired) electrons. The van der Waals surface area contributed by atoms with Crippen molar-refractivity contribution in [2.24, 2.45) is 11.8 Å². The van der Waals surface area contributed by atoms with Gasteiger partial charge in [0.05, 0.1) is 19.6 Å². The molecule has 1 atom stereocenters. The van der Waals surface area contributed by atoms with Gasteiger partial charge in [-0.15, -0.1) is 0 Å². The summed E-state index contributed by atoms with van der Waals surface area (Å²) in [5.74, 6) is 0.663. The normalized spacial score (nSPS) is 21.3. The summed E-state index contributed by atoms with van der Waals surface area (Å²) in [7, 11) is 0. The van der Waals surface area contributed by atoms with Crippen LogP contribution in [0.15, 0.2) is 42.5 Å². The van der Waals surface area contributed by atoms with Gasteiger partial charge in [-0.3, -0.25) is 4.79 Å². The molecule has 1 aliphatic heterocycles. The Hall–Kier alpha value is -2.53. The highest BCUT2D eigenvalue weighted by Gasteiger charge is 2.45. The molecule has 0 aromatic heterocycles. The molecular weight excluding hydrogens is 356 g/mol. The highest BCUT2D eigenvalue weighted by molar-refractivity contribution is 6.02. The van der Waals surface area contributed by atoms with Gasteiger partial charge in [-0.25, -0.2) is 0 Å². The first kappa shape index (κ1) is 18.8. The minimum Gasteiger partial charge on any atom is -0.507 e. The summed E-state index contributed by atoms with van der Waals surface area (Å²) in [6.07, 6.45) is 2.31. The fourth-order valence-corrected chi connectivity index (χ4v) is 3.33. The second-order valence-corrected chi connectivity index (χ2v) is 8.09. The van der Waals surface area contributed by atoms with E-state index in [9.17, 15) is 9.90 Å². The zero-order chi connectivity index (χ0) is 19.7. The predicted octanol–water partition coefficient (Wildman–Crippen LogP) is 4.67. The Morgan fingerprint density at radius 2 is 1.93 bits per heavy atom. The van der Waals surface area contributed by atoms with Gasteiger partial charge < -0.3 is 19.3 Å². The number of ketones is 1. The molecule has 0 amide bonds. The van der Waals surface area contributed by atoms with Crippen molar-refractivity contribution in [2.75, 3.05) is 13.2 Å². The van der Waals surface area contributed by atoms with E-state index in [1.165, 1.54) is 6.07 Å². The zero-order valence-electron chi connectivity index (χ0n) is 16.3. The number of rotatable bonds is 7. The van der Waals surface area contributed by atoms with E-state index in [0.717, 1.165) is 24.2 Å². The summed E-state index contributed by atoms with van der Waals surface area (Å²) < 4.78 is 18.2. The molecule has 2 aromatic carbocycles. The third-order valence-electron chi connectivity index (χ3n) is 5.08. The van der Waals surface area contributed by atoms with Crippen LogP contribution in [0.4, 0.5) is 0 Å². The summed E-state index contributed by atoms with van der Waals surface area (Å²) in [5, 5.41) is 10.1. The van der Waals surface area contributed by atoms with Crippen LogP contribution in [0.3, 0.4) is 0 Å². The average Bonchev–Trinajstić information content (AvgIpc) is 3.49. The number of ether oxygens (including phenoxy) is 3. The van der Waals surface area contributed by atoms with E-state index in [2.05, 4.69) is 13.8 Å². The number of phenolic OH excluding ortho intramolecular Hbond substituents is 1. The standard InChI is InChI=1S/C23H26O5/c1-15(2)13-26-18-10-8-17(9-11-18)23(27-14-16-6-7-16)12-20(25)22-19(24)4-3-5-21(22)28-23/h3-5,8-11,15-16,24H,6-7,12-14H2,1-2H3.